The fourth-order valence-corrected chi connectivity index (χ4v) is 3.85. The molecule has 1 aliphatic rings. The van der Waals surface area contributed by atoms with Crippen LogP contribution in [0.4, 0.5) is 0 Å². The number of carbonyl (C=O) groups is 1. The van der Waals surface area contributed by atoms with Gasteiger partial charge >= 0.3 is 0 Å². The first-order chi connectivity index (χ1) is 13.6. The van der Waals surface area contributed by atoms with E-state index in [4.69, 9.17) is 10.5 Å². The van der Waals surface area contributed by atoms with E-state index in [1.165, 1.54) is 6.42 Å². The van der Waals surface area contributed by atoms with Crippen LogP contribution in [0.3, 0.4) is 0 Å². The van der Waals surface area contributed by atoms with Crippen LogP contribution in [0.25, 0.3) is 5.69 Å². The number of aromatic nitrogens is 2. The molecule has 0 spiro atoms. The molecule has 1 aromatic carbocycles. The van der Waals surface area contributed by atoms with E-state index in [0.29, 0.717) is 18.0 Å². The van der Waals surface area contributed by atoms with Gasteiger partial charge in [-0.2, -0.15) is 5.10 Å². The fraction of sp³-hybridized carbons (Fsp3) is 0.524. The second-order valence-electron chi connectivity index (χ2n) is 7.50. The lowest BCUT2D eigenvalue weighted by Crippen LogP contribution is -2.42. The van der Waals surface area contributed by atoms with Crippen LogP contribution in [0.15, 0.2) is 36.7 Å². The SMILES string of the molecule is COCCN1CCC[C@@H](CN(C)C(=O)c2ccccc2-n2cc(CN)cn2)C1. The summed E-state index contributed by atoms with van der Waals surface area (Å²) in [5, 5.41) is 4.36. The zero-order valence-corrected chi connectivity index (χ0v) is 16.9. The maximum Gasteiger partial charge on any atom is 0.255 e. The molecule has 1 fully saturated rings. The molecule has 152 valence electrons. The van der Waals surface area contributed by atoms with Crippen LogP contribution in [0, 0.1) is 5.92 Å². The first-order valence-electron chi connectivity index (χ1n) is 9.92. The molecule has 1 aliphatic heterocycles. The summed E-state index contributed by atoms with van der Waals surface area (Å²) in [6.07, 6.45) is 5.94. The molecule has 0 unspecified atom stereocenters. The molecule has 2 heterocycles. The maximum atomic E-state index is 13.2. The molecule has 1 atom stereocenters. The van der Waals surface area contributed by atoms with E-state index in [2.05, 4.69) is 10.00 Å². The van der Waals surface area contributed by atoms with Crippen molar-refractivity contribution >= 4 is 5.91 Å². The normalized spacial score (nSPS) is 17.6. The Kier molecular flexibility index (Phi) is 7.19. The van der Waals surface area contributed by atoms with E-state index >= 15 is 0 Å². The van der Waals surface area contributed by atoms with Crippen molar-refractivity contribution in [2.45, 2.75) is 19.4 Å². The fourth-order valence-electron chi connectivity index (χ4n) is 3.85. The summed E-state index contributed by atoms with van der Waals surface area (Å²) in [6.45, 7) is 5.02. The Morgan fingerprint density at radius 1 is 1.39 bits per heavy atom. The molecule has 1 aromatic heterocycles. The summed E-state index contributed by atoms with van der Waals surface area (Å²) in [5.41, 5.74) is 8.07. The average molecular weight is 386 g/mol. The number of ether oxygens (including phenoxy) is 1. The first kappa shape index (κ1) is 20.5. The third kappa shape index (κ3) is 4.98. The van der Waals surface area contributed by atoms with Crippen molar-refractivity contribution in [3.8, 4) is 5.69 Å². The molecule has 0 radical (unpaired) electrons. The van der Waals surface area contributed by atoms with E-state index in [0.717, 1.165) is 50.5 Å². The Hall–Kier alpha value is -2.22. The molecular weight excluding hydrogens is 354 g/mol. The van der Waals surface area contributed by atoms with Gasteiger partial charge in [-0.1, -0.05) is 12.1 Å². The second kappa shape index (κ2) is 9.82. The Morgan fingerprint density at radius 2 is 2.21 bits per heavy atom. The highest BCUT2D eigenvalue weighted by atomic mass is 16.5. The molecule has 2 N–H and O–H groups in total. The van der Waals surface area contributed by atoms with Gasteiger partial charge in [-0.25, -0.2) is 4.68 Å². The van der Waals surface area contributed by atoms with Crippen LogP contribution in [0.1, 0.15) is 28.8 Å². The standard InChI is InChI=1S/C21H31N5O2/c1-24(14-17-6-5-9-25(15-17)10-11-28-2)21(27)19-7-3-4-8-20(19)26-16-18(12-22)13-23-26/h3-4,7-8,13,16-17H,5-6,9-12,14-15,22H2,1-2H3/t17-/m0/s1. The van der Waals surface area contributed by atoms with Crippen molar-refractivity contribution in [3.63, 3.8) is 0 Å². The molecule has 28 heavy (non-hydrogen) atoms. The molecule has 7 heteroatoms. The number of amides is 1. The number of carbonyl (C=O) groups excluding carboxylic acids is 1. The molecule has 3 rings (SSSR count). The molecular formula is C21H31N5O2. The lowest BCUT2D eigenvalue weighted by molar-refractivity contribution is 0.0702. The Morgan fingerprint density at radius 3 is 2.96 bits per heavy atom. The quantitative estimate of drug-likeness (QED) is 0.749. The smallest absolute Gasteiger partial charge is 0.255 e. The number of hydrogen-bond acceptors (Lipinski definition) is 5. The number of para-hydroxylation sites is 1. The van der Waals surface area contributed by atoms with Gasteiger partial charge in [-0.3, -0.25) is 4.79 Å². The van der Waals surface area contributed by atoms with Gasteiger partial charge in [0.1, 0.15) is 0 Å². The molecule has 0 aliphatic carbocycles. The van der Waals surface area contributed by atoms with Crippen LogP contribution in [0.5, 0.6) is 0 Å². The van der Waals surface area contributed by atoms with E-state index in [9.17, 15) is 4.79 Å². The van der Waals surface area contributed by atoms with Crippen molar-refractivity contribution < 1.29 is 9.53 Å². The molecule has 0 bridgehead atoms. The van der Waals surface area contributed by atoms with Crippen LogP contribution < -0.4 is 5.73 Å². The van der Waals surface area contributed by atoms with Crippen LogP contribution in [0.2, 0.25) is 0 Å². The molecule has 1 amide bonds. The summed E-state index contributed by atoms with van der Waals surface area (Å²) >= 11 is 0. The minimum absolute atomic E-state index is 0.0226. The highest BCUT2D eigenvalue weighted by Crippen LogP contribution is 2.20. The number of piperidine rings is 1. The topological polar surface area (TPSA) is 76.6 Å². The summed E-state index contributed by atoms with van der Waals surface area (Å²) in [6, 6.07) is 7.60. The average Bonchev–Trinajstić information content (AvgIpc) is 3.21. The van der Waals surface area contributed by atoms with Crippen molar-refractivity contribution in [1.82, 2.24) is 19.6 Å². The third-order valence-corrected chi connectivity index (χ3v) is 5.35. The van der Waals surface area contributed by atoms with Crippen molar-refractivity contribution in [1.29, 1.82) is 0 Å². The van der Waals surface area contributed by atoms with Gasteiger partial charge in [-0.15, -0.1) is 0 Å². The number of nitrogens with zero attached hydrogens (tertiary/aromatic N) is 4. The monoisotopic (exact) mass is 385 g/mol. The second-order valence-corrected chi connectivity index (χ2v) is 7.50. The predicted molar refractivity (Wildman–Crippen MR) is 109 cm³/mol. The van der Waals surface area contributed by atoms with Crippen LogP contribution in [-0.2, 0) is 11.3 Å². The van der Waals surface area contributed by atoms with Gasteiger partial charge in [0.2, 0.25) is 0 Å². The van der Waals surface area contributed by atoms with E-state index in [1.54, 1.807) is 18.0 Å². The summed E-state index contributed by atoms with van der Waals surface area (Å²) in [5.74, 6) is 0.509. The summed E-state index contributed by atoms with van der Waals surface area (Å²) in [4.78, 5) is 17.4. The number of methoxy groups -OCH3 is 1. The lowest BCUT2D eigenvalue weighted by Gasteiger charge is -2.34. The van der Waals surface area contributed by atoms with Crippen LogP contribution >= 0.6 is 0 Å². The third-order valence-electron chi connectivity index (χ3n) is 5.35. The number of hydrogen-bond donors (Lipinski definition) is 1. The van der Waals surface area contributed by atoms with Crippen molar-refractivity contribution in [3.05, 3.63) is 47.8 Å². The van der Waals surface area contributed by atoms with Crippen molar-refractivity contribution in [2.24, 2.45) is 11.7 Å². The molecule has 0 saturated carbocycles. The van der Waals surface area contributed by atoms with Gasteiger partial charge in [0.25, 0.3) is 5.91 Å². The zero-order valence-electron chi connectivity index (χ0n) is 16.9. The number of likely N-dealkylation sites (tertiary alicyclic amines) is 1. The Labute approximate surface area is 167 Å². The highest BCUT2D eigenvalue weighted by molar-refractivity contribution is 5.97. The van der Waals surface area contributed by atoms with Gasteiger partial charge < -0.3 is 20.3 Å². The minimum atomic E-state index is 0.0226. The van der Waals surface area contributed by atoms with E-state index in [-0.39, 0.29) is 5.91 Å². The molecule has 1 saturated heterocycles. The summed E-state index contributed by atoms with van der Waals surface area (Å²) < 4.78 is 6.93. The van der Waals surface area contributed by atoms with E-state index in [1.807, 2.05) is 42.4 Å². The van der Waals surface area contributed by atoms with Gasteiger partial charge in [0.05, 0.1) is 24.1 Å². The lowest BCUT2D eigenvalue weighted by atomic mass is 9.97. The Bertz CT molecular complexity index is 776. The van der Waals surface area contributed by atoms with E-state index < -0.39 is 0 Å². The van der Waals surface area contributed by atoms with Gasteiger partial charge in [0.15, 0.2) is 0 Å². The van der Waals surface area contributed by atoms with Gasteiger partial charge in [-0.05, 0) is 37.4 Å². The maximum absolute atomic E-state index is 13.2. The highest BCUT2D eigenvalue weighted by Gasteiger charge is 2.24. The first-order valence-corrected chi connectivity index (χ1v) is 9.92. The predicted octanol–water partition coefficient (Wildman–Crippen LogP) is 1.76. The Balaban J connectivity index is 1.68. The molecule has 2 aromatic rings. The minimum Gasteiger partial charge on any atom is -0.383 e. The number of benzene rings is 1. The van der Waals surface area contributed by atoms with Gasteiger partial charge in [0, 0.05) is 52.1 Å². The number of rotatable bonds is 8. The zero-order chi connectivity index (χ0) is 19.9. The van der Waals surface area contributed by atoms with Crippen LogP contribution in [-0.4, -0.2) is 72.4 Å². The molecule has 7 nitrogen and oxygen atoms in total. The summed E-state index contributed by atoms with van der Waals surface area (Å²) in [7, 11) is 3.63. The largest absolute Gasteiger partial charge is 0.383 e. The van der Waals surface area contributed by atoms with Crippen molar-refractivity contribution in [2.75, 3.05) is 46.9 Å². The number of nitrogens with two attached hydrogens (primary N) is 1.